The second kappa shape index (κ2) is 5.56. The Morgan fingerprint density at radius 1 is 1.47 bits per heavy atom. The van der Waals surface area contributed by atoms with E-state index >= 15 is 0 Å². The highest BCUT2D eigenvalue weighted by molar-refractivity contribution is 7.90. The molecule has 7 heteroatoms. The largest absolute Gasteiger partial charge is 0.481 e. The number of anilines is 1. The molecule has 2 N–H and O–H groups in total. The van der Waals surface area contributed by atoms with Crippen LogP contribution in [0.4, 0.5) is 5.82 Å². The smallest absolute Gasteiger partial charge is 0.303 e. The molecule has 0 saturated heterocycles. The van der Waals surface area contributed by atoms with Crippen molar-refractivity contribution in [1.82, 2.24) is 4.98 Å². The van der Waals surface area contributed by atoms with E-state index in [9.17, 15) is 13.2 Å². The fraction of sp³-hybridized carbons (Fsp3) is 0.500. The summed E-state index contributed by atoms with van der Waals surface area (Å²) in [7, 11) is -3.38. The lowest BCUT2D eigenvalue weighted by Gasteiger charge is -2.27. The van der Waals surface area contributed by atoms with Gasteiger partial charge in [0.2, 0.25) is 0 Å². The highest BCUT2D eigenvalue weighted by Gasteiger charge is 2.23. The van der Waals surface area contributed by atoms with E-state index in [0.717, 1.165) is 6.26 Å². The zero-order chi connectivity index (χ0) is 14.7. The molecule has 0 radical (unpaired) electrons. The normalized spacial score (nSPS) is 12.2. The van der Waals surface area contributed by atoms with E-state index < -0.39 is 21.3 Å². The van der Waals surface area contributed by atoms with Crippen molar-refractivity contribution in [2.75, 3.05) is 11.6 Å². The molecule has 0 aliphatic heterocycles. The number of nitrogens with one attached hydrogen (secondary N) is 1. The molecular weight excluding hydrogens is 268 g/mol. The third-order valence-corrected chi connectivity index (χ3v) is 3.72. The minimum absolute atomic E-state index is 0.00103. The Morgan fingerprint density at radius 2 is 2.11 bits per heavy atom. The van der Waals surface area contributed by atoms with Crippen LogP contribution in [-0.2, 0) is 14.6 Å². The topological polar surface area (TPSA) is 96.4 Å². The van der Waals surface area contributed by atoms with Crippen molar-refractivity contribution >= 4 is 21.6 Å². The Kier molecular flexibility index (Phi) is 4.52. The van der Waals surface area contributed by atoms with Crippen molar-refractivity contribution in [3.63, 3.8) is 0 Å². The standard InChI is InChI=1S/C12H18N2O4S/c1-12(2,7-6-10(15)16)14-11-9(19(3,17)18)5-4-8-13-11/h4-5,8H,6-7H2,1-3H3,(H,13,14)(H,15,16). The second-order valence-electron chi connectivity index (χ2n) is 5.02. The maximum absolute atomic E-state index is 11.6. The Hall–Kier alpha value is -1.63. The van der Waals surface area contributed by atoms with Gasteiger partial charge in [-0.15, -0.1) is 0 Å². The van der Waals surface area contributed by atoms with E-state index in [1.165, 1.54) is 12.3 Å². The van der Waals surface area contributed by atoms with Gasteiger partial charge in [-0.05, 0) is 32.4 Å². The van der Waals surface area contributed by atoms with Crippen molar-refractivity contribution in [2.45, 2.75) is 37.1 Å². The Bertz CT molecular complexity index is 567. The van der Waals surface area contributed by atoms with E-state index in [4.69, 9.17) is 5.11 Å². The number of hydrogen-bond donors (Lipinski definition) is 2. The highest BCUT2D eigenvalue weighted by Crippen LogP contribution is 2.24. The summed E-state index contributed by atoms with van der Waals surface area (Å²) in [6, 6.07) is 3.02. The molecule has 0 fully saturated rings. The third kappa shape index (κ3) is 4.86. The molecule has 0 bridgehead atoms. The molecule has 1 rings (SSSR count). The van der Waals surface area contributed by atoms with Gasteiger partial charge >= 0.3 is 5.97 Å². The second-order valence-corrected chi connectivity index (χ2v) is 7.01. The van der Waals surface area contributed by atoms with Gasteiger partial charge in [0.05, 0.1) is 0 Å². The molecule has 106 valence electrons. The highest BCUT2D eigenvalue weighted by atomic mass is 32.2. The molecule has 0 spiro atoms. The summed E-state index contributed by atoms with van der Waals surface area (Å²) >= 11 is 0. The van der Waals surface area contributed by atoms with Crippen molar-refractivity contribution in [1.29, 1.82) is 0 Å². The van der Waals surface area contributed by atoms with Crippen LogP contribution >= 0.6 is 0 Å². The number of aliphatic carboxylic acids is 1. The monoisotopic (exact) mass is 286 g/mol. The number of aromatic nitrogens is 1. The fourth-order valence-corrected chi connectivity index (χ4v) is 2.37. The van der Waals surface area contributed by atoms with Crippen molar-refractivity contribution in [3.8, 4) is 0 Å². The van der Waals surface area contributed by atoms with Gasteiger partial charge in [-0.3, -0.25) is 4.79 Å². The molecule has 0 amide bonds. The number of carboxylic acid groups (broad SMARTS) is 1. The van der Waals surface area contributed by atoms with Crippen LogP contribution in [0.2, 0.25) is 0 Å². The van der Waals surface area contributed by atoms with Crippen LogP contribution in [0.3, 0.4) is 0 Å². The summed E-state index contributed by atoms with van der Waals surface area (Å²) in [6.07, 6.45) is 2.97. The summed E-state index contributed by atoms with van der Waals surface area (Å²) < 4.78 is 23.3. The first-order valence-corrected chi connectivity index (χ1v) is 7.66. The number of sulfone groups is 1. The van der Waals surface area contributed by atoms with Gasteiger partial charge in [-0.1, -0.05) is 0 Å². The summed E-state index contributed by atoms with van der Waals surface area (Å²) in [5.41, 5.74) is -0.563. The summed E-state index contributed by atoms with van der Waals surface area (Å²) in [5, 5.41) is 11.7. The van der Waals surface area contributed by atoms with Gasteiger partial charge in [-0.2, -0.15) is 0 Å². The fourth-order valence-electron chi connectivity index (χ4n) is 1.59. The first kappa shape index (κ1) is 15.4. The lowest BCUT2D eigenvalue weighted by atomic mass is 9.98. The Morgan fingerprint density at radius 3 is 2.63 bits per heavy atom. The predicted molar refractivity (Wildman–Crippen MR) is 71.9 cm³/mol. The molecular formula is C12H18N2O4S. The molecule has 19 heavy (non-hydrogen) atoms. The lowest BCUT2D eigenvalue weighted by Crippen LogP contribution is -2.32. The molecule has 1 heterocycles. The minimum atomic E-state index is -3.38. The van der Waals surface area contributed by atoms with Crippen molar-refractivity contribution < 1.29 is 18.3 Å². The van der Waals surface area contributed by atoms with E-state index in [1.54, 1.807) is 19.9 Å². The Balaban J connectivity index is 2.96. The van der Waals surface area contributed by atoms with Gasteiger partial charge < -0.3 is 10.4 Å². The van der Waals surface area contributed by atoms with E-state index in [2.05, 4.69) is 10.3 Å². The van der Waals surface area contributed by atoms with Crippen LogP contribution in [0.1, 0.15) is 26.7 Å². The SMILES string of the molecule is CC(C)(CCC(=O)O)Nc1ncccc1S(C)(=O)=O. The first-order chi connectivity index (χ1) is 8.62. The van der Waals surface area contributed by atoms with Crippen molar-refractivity contribution in [3.05, 3.63) is 18.3 Å². The van der Waals surface area contributed by atoms with Crippen molar-refractivity contribution in [2.24, 2.45) is 0 Å². The number of nitrogens with zero attached hydrogens (tertiary/aromatic N) is 1. The predicted octanol–water partition coefficient (Wildman–Crippen LogP) is 1.54. The molecule has 0 saturated carbocycles. The summed E-state index contributed by atoms with van der Waals surface area (Å²) in [5.74, 6) is -0.639. The van der Waals surface area contributed by atoms with Gasteiger partial charge in [0.15, 0.2) is 9.84 Å². The third-order valence-electron chi connectivity index (χ3n) is 2.59. The zero-order valence-electron chi connectivity index (χ0n) is 11.2. The molecule has 0 unspecified atom stereocenters. The van der Waals surface area contributed by atoms with Crippen LogP contribution in [0.15, 0.2) is 23.2 Å². The molecule has 1 aromatic rings. The molecule has 0 atom stereocenters. The number of carbonyl (C=O) groups is 1. The number of hydrogen-bond acceptors (Lipinski definition) is 5. The quantitative estimate of drug-likeness (QED) is 0.823. The summed E-state index contributed by atoms with van der Waals surface area (Å²) in [4.78, 5) is 14.7. The van der Waals surface area contributed by atoms with Crippen LogP contribution in [0.5, 0.6) is 0 Å². The summed E-state index contributed by atoms with van der Waals surface area (Å²) in [6.45, 7) is 3.60. The van der Waals surface area contributed by atoms with Gasteiger partial charge in [0.1, 0.15) is 10.7 Å². The maximum atomic E-state index is 11.6. The Labute approximate surface area is 112 Å². The average molecular weight is 286 g/mol. The zero-order valence-corrected chi connectivity index (χ0v) is 12.0. The molecule has 0 aliphatic rings. The lowest BCUT2D eigenvalue weighted by molar-refractivity contribution is -0.137. The van der Waals surface area contributed by atoms with Gasteiger partial charge in [-0.25, -0.2) is 13.4 Å². The minimum Gasteiger partial charge on any atom is -0.481 e. The number of carboxylic acids is 1. The maximum Gasteiger partial charge on any atom is 0.303 e. The van der Waals surface area contributed by atoms with E-state index in [0.29, 0.717) is 6.42 Å². The van der Waals surface area contributed by atoms with Gasteiger partial charge in [0.25, 0.3) is 0 Å². The average Bonchev–Trinajstić information content (AvgIpc) is 2.25. The van der Waals surface area contributed by atoms with E-state index in [1.807, 2.05) is 0 Å². The van der Waals surface area contributed by atoms with Gasteiger partial charge in [0, 0.05) is 24.4 Å². The number of rotatable bonds is 6. The number of pyridine rings is 1. The molecule has 0 aliphatic carbocycles. The van der Waals surface area contributed by atoms with Crippen LogP contribution in [0, 0.1) is 0 Å². The van der Waals surface area contributed by atoms with Crippen LogP contribution in [0.25, 0.3) is 0 Å². The van der Waals surface area contributed by atoms with Crippen LogP contribution in [-0.4, -0.2) is 36.3 Å². The van der Waals surface area contributed by atoms with Crippen LogP contribution < -0.4 is 5.32 Å². The first-order valence-electron chi connectivity index (χ1n) is 5.77. The molecule has 6 nitrogen and oxygen atoms in total. The molecule has 1 aromatic heterocycles. The van der Waals surface area contributed by atoms with E-state index in [-0.39, 0.29) is 17.1 Å². The molecule has 0 aromatic carbocycles.